The van der Waals surface area contributed by atoms with Crippen LogP contribution < -0.4 is 17.2 Å². The molecule has 1 aromatic rings. The minimum absolute atomic E-state index is 0.118. The third-order valence-electron chi connectivity index (χ3n) is 2.72. The second-order valence-electron chi connectivity index (χ2n) is 3.97. The molecule has 6 nitrogen and oxygen atoms in total. The van der Waals surface area contributed by atoms with Crippen LogP contribution in [0.25, 0.3) is 5.57 Å². The lowest BCUT2D eigenvalue weighted by molar-refractivity contribution is 0.370. The minimum atomic E-state index is 0.118. The van der Waals surface area contributed by atoms with E-state index >= 15 is 0 Å². The zero-order valence-electron chi connectivity index (χ0n) is 9.27. The van der Waals surface area contributed by atoms with Crippen LogP contribution in [0.5, 0.6) is 0 Å². The van der Waals surface area contributed by atoms with Crippen molar-refractivity contribution in [1.82, 2.24) is 14.9 Å². The summed E-state index contributed by atoms with van der Waals surface area (Å²) in [6.07, 6.45) is 3.00. The summed E-state index contributed by atoms with van der Waals surface area (Å²) in [7, 11) is 2.07. The van der Waals surface area contributed by atoms with Gasteiger partial charge in [-0.15, -0.1) is 0 Å². The van der Waals surface area contributed by atoms with Crippen LogP contribution in [0.2, 0.25) is 0 Å². The van der Waals surface area contributed by atoms with Gasteiger partial charge in [0.2, 0.25) is 5.95 Å². The van der Waals surface area contributed by atoms with Gasteiger partial charge in [-0.3, -0.25) is 0 Å². The fraction of sp³-hybridized carbons (Fsp3) is 0.400. The van der Waals surface area contributed by atoms with Crippen LogP contribution in [0, 0.1) is 0 Å². The first kappa shape index (κ1) is 10.7. The van der Waals surface area contributed by atoms with Crippen LogP contribution >= 0.6 is 0 Å². The van der Waals surface area contributed by atoms with Gasteiger partial charge in [-0.25, -0.2) is 0 Å². The lowest BCUT2D eigenvalue weighted by Gasteiger charge is -2.23. The van der Waals surface area contributed by atoms with Crippen molar-refractivity contribution in [2.45, 2.75) is 6.42 Å². The lowest BCUT2D eigenvalue weighted by Crippen LogP contribution is -2.24. The van der Waals surface area contributed by atoms with Crippen LogP contribution in [-0.2, 0) is 0 Å². The highest BCUT2D eigenvalue weighted by atomic mass is 15.1. The summed E-state index contributed by atoms with van der Waals surface area (Å²) >= 11 is 0. The van der Waals surface area contributed by atoms with Gasteiger partial charge >= 0.3 is 0 Å². The molecule has 6 heteroatoms. The number of nitrogens with zero attached hydrogens (tertiary/aromatic N) is 3. The Morgan fingerprint density at radius 2 is 1.81 bits per heavy atom. The smallest absolute Gasteiger partial charge is 0.223 e. The van der Waals surface area contributed by atoms with E-state index in [1.807, 2.05) is 0 Å². The molecule has 0 saturated heterocycles. The van der Waals surface area contributed by atoms with Crippen LogP contribution in [0.15, 0.2) is 6.08 Å². The molecule has 2 rings (SSSR count). The Bertz CT molecular complexity index is 416. The molecule has 16 heavy (non-hydrogen) atoms. The molecule has 2 heterocycles. The lowest BCUT2D eigenvalue weighted by atomic mass is 10.0. The molecular formula is C10H16N6. The van der Waals surface area contributed by atoms with Crippen LogP contribution in [0.3, 0.4) is 0 Å². The van der Waals surface area contributed by atoms with E-state index in [1.54, 1.807) is 0 Å². The predicted molar refractivity (Wildman–Crippen MR) is 65.4 cm³/mol. The molecule has 0 bridgehead atoms. The number of likely N-dealkylation sites (N-methyl/N-ethyl adjacent to an activating group) is 1. The monoisotopic (exact) mass is 220 g/mol. The summed E-state index contributed by atoms with van der Waals surface area (Å²) in [5, 5.41) is 0. The first-order chi connectivity index (χ1) is 7.58. The Morgan fingerprint density at radius 1 is 1.19 bits per heavy atom. The first-order valence-electron chi connectivity index (χ1n) is 5.14. The number of rotatable bonds is 1. The number of anilines is 3. The maximum absolute atomic E-state index is 5.82. The molecule has 0 amide bonds. The number of nitrogens with two attached hydrogens (primary N) is 3. The first-order valence-corrected chi connectivity index (χ1v) is 5.14. The van der Waals surface area contributed by atoms with E-state index < -0.39 is 0 Å². The summed E-state index contributed by atoms with van der Waals surface area (Å²) in [5.41, 5.74) is 19.0. The predicted octanol–water partition coefficient (Wildman–Crippen LogP) is -0.0579. The average Bonchev–Trinajstić information content (AvgIpc) is 2.19. The third kappa shape index (κ3) is 1.92. The molecule has 0 saturated carbocycles. The van der Waals surface area contributed by atoms with Gasteiger partial charge in [-0.2, -0.15) is 9.97 Å². The zero-order chi connectivity index (χ0) is 11.7. The van der Waals surface area contributed by atoms with Crippen molar-refractivity contribution < 1.29 is 0 Å². The molecule has 0 spiro atoms. The highest BCUT2D eigenvalue weighted by Crippen LogP contribution is 2.29. The quantitative estimate of drug-likeness (QED) is 0.612. The van der Waals surface area contributed by atoms with Crippen molar-refractivity contribution in [1.29, 1.82) is 0 Å². The summed E-state index contributed by atoms with van der Waals surface area (Å²) in [4.78, 5) is 10.1. The molecule has 0 radical (unpaired) electrons. The Hall–Kier alpha value is -1.82. The summed E-state index contributed by atoms with van der Waals surface area (Å²) in [6.45, 7) is 1.87. The van der Waals surface area contributed by atoms with Crippen molar-refractivity contribution in [3.05, 3.63) is 11.6 Å². The summed E-state index contributed by atoms with van der Waals surface area (Å²) in [5.74, 6) is 0.842. The Labute approximate surface area is 94.1 Å². The van der Waals surface area contributed by atoms with Gasteiger partial charge in [-0.05, 0) is 19.0 Å². The van der Waals surface area contributed by atoms with Gasteiger partial charge in [0.15, 0.2) is 0 Å². The van der Waals surface area contributed by atoms with Gasteiger partial charge in [0.1, 0.15) is 11.6 Å². The van der Waals surface area contributed by atoms with E-state index in [4.69, 9.17) is 17.2 Å². The Kier molecular flexibility index (Phi) is 2.66. The molecule has 1 aromatic heterocycles. The molecule has 0 atom stereocenters. The van der Waals surface area contributed by atoms with Crippen molar-refractivity contribution in [3.8, 4) is 0 Å². The molecular weight excluding hydrogens is 204 g/mol. The SMILES string of the molecule is CN1CC=C(c2c(N)nc(N)nc2N)CC1. The molecule has 0 fully saturated rings. The van der Waals surface area contributed by atoms with E-state index in [-0.39, 0.29) is 5.95 Å². The molecule has 0 aliphatic carbocycles. The fourth-order valence-electron chi connectivity index (χ4n) is 1.84. The van der Waals surface area contributed by atoms with Crippen LogP contribution in [0.4, 0.5) is 17.6 Å². The average molecular weight is 220 g/mol. The van der Waals surface area contributed by atoms with Gasteiger partial charge in [-0.1, -0.05) is 6.08 Å². The van der Waals surface area contributed by atoms with E-state index in [0.717, 1.165) is 30.6 Å². The molecule has 0 unspecified atom stereocenters. The zero-order valence-corrected chi connectivity index (χ0v) is 9.27. The molecule has 1 aliphatic heterocycles. The highest BCUT2D eigenvalue weighted by molar-refractivity contribution is 5.81. The number of hydrogen-bond acceptors (Lipinski definition) is 6. The maximum Gasteiger partial charge on any atom is 0.223 e. The topological polar surface area (TPSA) is 107 Å². The van der Waals surface area contributed by atoms with Gasteiger partial charge < -0.3 is 22.1 Å². The molecule has 1 aliphatic rings. The summed E-state index contributed by atoms with van der Waals surface area (Å²) in [6, 6.07) is 0. The number of aromatic nitrogens is 2. The van der Waals surface area contributed by atoms with E-state index in [9.17, 15) is 0 Å². The van der Waals surface area contributed by atoms with Crippen molar-refractivity contribution in [2.24, 2.45) is 0 Å². The van der Waals surface area contributed by atoms with Gasteiger partial charge in [0.05, 0.1) is 5.56 Å². The minimum Gasteiger partial charge on any atom is -0.383 e. The molecule has 0 aromatic carbocycles. The van der Waals surface area contributed by atoms with Crippen molar-refractivity contribution in [3.63, 3.8) is 0 Å². The summed E-state index contributed by atoms with van der Waals surface area (Å²) < 4.78 is 0. The van der Waals surface area contributed by atoms with Crippen LogP contribution in [-0.4, -0.2) is 35.0 Å². The van der Waals surface area contributed by atoms with Crippen molar-refractivity contribution in [2.75, 3.05) is 37.3 Å². The standard InChI is InChI=1S/C10H16N6/c1-16-4-2-6(3-5-16)7-8(11)14-10(13)15-9(7)12/h2H,3-5H2,1H3,(H6,11,12,13,14,15). The molecule has 6 N–H and O–H groups in total. The Morgan fingerprint density at radius 3 is 2.31 bits per heavy atom. The maximum atomic E-state index is 5.82. The normalized spacial score (nSPS) is 17.2. The van der Waals surface area contributed by atoms with Gasteiger partial charge in [0.25, 0.3) is 0 Å². The van der Waals surface area contributed by atoms with E-state index in [0.29, 0.717) is 11.6 Å². The van der Waals surface area contributed by atoms with E-state index in [1.165, 1.54) is 0 Å². The van der Waals surface area contributed by atoms with Crippen molar-refractivity contribution >= 4 is 23.2 Å². The third-order valence-corrected chi connectivity index (χ3v) is 2.72. The van der Waals surface area contributed by atoms with Gasteiger partial charge in [0, 0.05) is 13.1 Å². The molecule has 86 valence electrons. The second kappa shape index (κ2) is 3.97. The fourth-order valence-corrected chi connectivity index (χ4v) is 1.84. The second-order valence-corrected chi connectivity index (χ2v) is 3.97. The Balaban J connectivity index is 2.41. The largest absolute Gasteiger partial charge is 0.383 e. The highest BCUT2D eigenvalue weighted by Gasteiger charge is 2.16. The van der Waals surface area contributed by atoms with Crippen LogP contribution in [0.1, 0.15) is 12.0 Å². The number of hydrogen-bond donors (Lipinski definition) is 3. The number of nitrogen functional groups attached to an aromatic ring is 3. The van der Waals surface area contributed by atoms with E-state index in [2.05, 4.69) is 28.0 Å².